The van der Waals surface area contributed by atoms with Gasteiger partial charge in [-0.05, 0) is 110 Å². The summed E-state index contributed by atoms with van der Waals surface area (Å²) in [5, 5.41) is 0. The van der Waals surface area contributed by atoms with Crippen LogP contribution in [0.4, 0.5) is 0 Å². The van der Waals surface area contributed by atoms with Crippen LogP contribution in [0.5, 0.6) is 0 Å². The maximum atomic E-state index is 4.74. The van der Waals surface area contributed by atoms with Crippen molar-refractivity contribution in [2.75, 3.05) is 0 Å². The molecule has 0 saturated carbocycles. The van der Waals surface area contributed by atoms with E-state index in [1.165, 1.54) is 16.7 Å². The predicted molar refractivity (Wildman–Crippen MR) is 301 cm³/mol. The molecule has 0 fully saturated rings. The van der Waals surface area contributed by atoms with Crippen molar-refractivity contribution in [1.29, 1.82) is 0 Å². The van der Waals surface area contributed by atoms with Crippen LogP contribution in [0, 0.1) is 25.1 Å². The van der Waals surface area contributed by atoms with Crippen molar-refractivity contribution in [3.8, 4) is 123 Å². The van der Waals surface area contributed by atoms with Crippen molar-refractivity contribution in [3.05, 3.63) is 285 Å². The third-order valence-corrected chi connectivity index (χ3v) is 13.5. The Morgan fingerprint density at radius 1 is 0.257 bits per heavy atom. The molecule has 3 heterocycles. The smallest absolute Gasteiger partial charge is 0.305 e. The Morgan fingerprint density at radius 3 is 1.19 bits per heavy atom. The number of aryl methyl sites for hydroxylation is 1. The average molecular weight is 1120 g/mol. The van der Waals surface area contributed by atoms with Crippen molar-refractivity contribution in [2.45, 2.75) is 6.92 Å². The fraction of sp³-hybridized carbons (Fsp3) is 0.0143. The Bertz CT molecular complexity index is 3870. The molecule has 3 nitrogen and oxygen atoms in total. The van der Waals surface area contributed by atoms with E-state index in [2.05, 4.69) is 235 Å². The van der Waals surface area contributed by atoms with E-state index in [1.807, 2.05) is 61.1 Å². The first-order chi connectivity index (χ1) is 36.1. The Morgan fingerprint density at radius 2 is 0.676 bits per heavy atom. The molecule has 0 radical (unpaired) electrons. The van der Waals surface area contributed by atoms with Gasteiger partial charge >= 0.3 is 20.1 Å². The van der Waals surface area contributed by atoms with Gasteiger partial charge in [-0.1, -0.05) is 202 Å². The molecule has 0 atom stereocenters. The minimum absolute atomic E-state index is 0. The topological polar surface area (TPSA) is 38.7 Å². The molecule has 0 aliphatic carbocycles. The molecule has 3 aromatic heterocycles. The molecule has 12 rings (SSSR count). The van der Waals surface area contributed by atoms with Crippen molar-refractivity contribution < 1.29 is 20.1 Å². The predicted octanol–water partition coefficient (Wildman–Crippen LogP) is 17.9. The molecule has 0 spiro atoms. The monoisotopic (exact) mass is 1120 g/mol. The zero-order chi connectivity index (χ0) is 48.9. The molecule has 0 N–H and O–H groups in total. The molecule has 350 valence electrons. The Balaban J connectivity index is 0.00000588. The summed E-state index contributed by atoms with van der Waals surface area (Å²) in [4.78, 5) is 14.0. The van der Waals surface area contributed by atoms with Gasteiger partial charge in [-0.25, -0.2) is 0 Å². The van der Waals surface area contributed by atoms with Gasteiger partial charge in [0.1, 0.15) is 0 Å². The van der Waals surface area contributed by atoms with Crippen LogP contribution in [0.3, 0.4) is 0 Å². The van der Waals surface area contributed by atoms with Gasteiger partial charge in [0, 0.05) is 18.6 Å². The molecular weight excluding hydrogens is 1080 g/mol. The Kier molecular flexibility index (Phi) is 13.7. The van der Waals surface area contributed by atoms with Crippen LogP contribution in [0.15, 0.2) is 261 Å². The largest absolute Gasteiger partial charge is 3.00 e. The summed E-state index contributed by atoms with van der Waals surface area (Å²) in [6, 6.07) is 96.8. The normalized spacial score (nSPS) is 10.9. The minimum atomic E-state index is 0. The number of hydrogen-bond donors (Lipinski definition) is 0. The summed E-state index contributed by atoms with van der Waals surface area (Å²) in [5.74, 6) is 0. The third-order valence-electron chi connectivity index (χ3n) is 13.5. The molecule has 0 unspecified atom stereocenters. The molecule has 4 heteroatoms. The van der Waals surface area contributed by atoms with E-state index >= 15 is 0 Å². The summed E-state index contributed by atoms with van der Waals surface area (Å²) >= 11 is 0. The number of hydrogen-bond acceptors (Lipinski definition) is 3. The van der Waals surface area contributed by atoms with Gasteiger partial charge in [0.15, 0.2) is 0 Å². The van der Waals surface area contributed by atoms with Crippen LogP contribution in [0.2, 0.25) is 0 Å². The Hall–Kier alpha value is -8.92. The quantitative estimate of drug-likeness (QED) is 0.121. The first-order valence-corrected chi connectivity index (χ1v) is 24.5. The maximum absolute atomic E-state index is 4.74. The zero-order valence-corrected chi connectivity index (χ0v) is 42.9. The molecule has 74 heavy (non-hydrogen) atoms. The van der Waals surface area contributed by atoms with Crippen molar-refractivity contribution in [2.24, 2.45) is 0 Å². The average Bonchev–Trinajstić information content (AvgIpc) is 3.48. The van der Waals surface area contributed by atoms with E-state index in [9.17, 15) is 0 Å². The second-order valence-electron chi connectivity index (χ2n) is 18.2. The number of benzene rings is 9. The van der Waals surface area contributed by atoms with E-state index in [-0.39, 0.29) is 20.1 Å². The molecule has 9 aromatic carbocycles. The molecule has 12 aromatic rings. The second kappa shape index (κ2) is 21.4. The van der Waals surface area contributed by atoms with Gasteiger partial charge in [-0.15, -0.1) is 83.4 Å². The molecule has 0 saturated heterocycles. The molecular formula is C70H46IrN3. The van der Waals surface area contributed by atoms with E-state index in [0.29, 0.717) is 0 Å². The van der Waals surface area contributed by atoms with Crippen LogP contribution >= 0.6 is 0 Å². The molecule has 0 aliphatic heterocycles. The van der Waals surface area contributed by atoms with Gasteiger partial charge in [0.25, 0.3) is 0 Å². The molecule has 0 bridgehead atoms. The number of rotatable bonds is 11. The summed E-state index contributed by atoms with van der Waals surface area (Å²) in [5.41, 5.74) is 24.5. The van der Waals surface area contributed by atoms with E-state index in [1.54, 1.807) is 0 Å². The van der Waals surface area contributed by atoms with E-state index in [0.717, 1.165) is 112 Å². The van der Waals surface area contributed by atoms with Gasteiger partial charge in [0.05, 0.1) is 0 Å². The standard InChI is InChI=1S/C70H46N3.Ir/c1-48-39-42-73-70(43-48)55-35-31-52(32-36-55)61-18-6-8-20-63(61)58-44-57(62-19-7-5-17-60(62)51-29-33-54(34-30-51)68-23-11-13-40-71-68)45-59(46-58)64-21-9-10-22-65(64)66-38-37-56(69-24-12-14-41-72-69)47-67(66)53-27-25-50(26-28-53)49-15-3-2-4-16-49;/h2-33,35,38-47H,1H3;/q-3;+3. The van der Waals surface area contributed by atoms with Gasteiger partial charge in [-0.3, -0.25) is 0 Å². The van der Waals surface area contributed by atoms with Gasteiger partial charge in [0.2, 0.25) is 0 Å². The van der Waals surface area contributed by atoms with Crippen molar-refractivity contribution in [1.82, 2.24) is 15.0 Å². The first kappa shape index (κ1) is 47.4. The fourth-order valence-electron chi connectivity index (χ4n) is 9.84. The minimum Gasteiger partial charge on any atom is -0.305 e. The summed E-state index contributed by atoms with van der Waals surface area (Å²) < 4.78 is 0. The summed E-state index contributed by atoms with van der Waals surface area (Å²) in [7, 11) is 0. The van der Waals surface area contributed by atoms with E-state index in [4.69, 9.17) is 4.98 Å². The van der Waals surface area contributed by atoms with Crippen LogP contribution < -0.4 is 0 Å². The van der Waals surface area contributed by atoms with Crippen LogP contribution in [-0.4, -0.2) is 15.0 Å². The third kappa shape index (κ3) is 9.85. The van der Waals surface area contributed by atoms with Crippen molar-refractivity contribution >= 4 is 0 Å². The maximum Gasteiger partial charge on any atom is 3.00 e. The van der Waals surface area contributed by atoms with Crippen LogP contribution in [0.1, 0.15) is 5.56 Å². The second-order valence-corrected chi connectivity index (χ2v) is 18.2. The van der Waals surface area contributed by atoms with E-state index < -0.39 is 0 Å². The van der Waals surface area contributed by atoms with Crippen molar-refractivity contribution in [3.63, 3.8) is 0 Å². The van der Waals surface area contributed by atoms with Gasteiger partial charge < -0.3 is 15.0 Å². The number of pyridine rings is 3. The zero-order valence-electron chi connectivity index (χ0n) is 40.5. The molecule has 0 aliphatic rings. The number of aromatic nitrogens is 3. The van der Waals surface area contributed by atoms with Crippen LogP contribution in [-0.2, 0) is 20.1 Å². The van der Waals surface area contributed by atoms with Gasteiger partial charge in [-0.2, -0.15) is 0 Å². The SMILES string of the molecule is Cc1ccnc(-c2[c-]cc(-c3ccccc3-c3cc(-c4ccccc4-c4c[c-]c(-c5ccccn5)cc4)cc(-c4ccccc4-c4c[c-]c(-c5ccccn5)cc4-c4ccc(-c5ccccc5)cc4)c3)cc2)c1.[Ir+3]. The first-order valence-electron chi connectivity index (χ1n) is 24.5. The Labute approximate surface area is 447 Å². The molecule has 0 amide bonds. The summed E-state index contributed by atoms with van der Waals surface area (Å²) in [6.07, 6.45) is 5.52. The number of nitrogens with zero attached hydrogens (tertiary/aromatic N) is 3. The fourth-order valence-corrected chi connectivity index (χ4v) is 9.84. The van der Waals surface area contributed by atoms with Crippen LogP contribution in [0.25, 0.3) is 123 Å². The summed E-state index contributed by atoms with van der Waals surface area (Å²) in [6.45, 7) is 2.09.